The first-order valence-electron chi connectivity index (χ1n) is 11.7. The van der Waals surface area contributed by atoms with Gasteiger partial charge in [-0.2, -0.15) is 0 Å². The largest absolute Gasteiger partial charge is 0.469 e. The lowest BCUT2D eigenvalue weighted by atomic mass is 9.46. The second kappa shape index (κ2) is 7.45. The van der Waals surface area contributed by atoms with Crippen molar-refractivity contribution in [2.45, 2.75) is 84.7 Å². The summed E-state index contributed by atoms with van der Waals surface area (Å²) in [6, 6.07) is 0. The second-order valence-electron chi connectivity index (χ2n) is 11.0. The molecule has 9 atom stereocenters. The van der Waals surface area contributed by atoms with Crippen LogP contribution in [0.2, 0.25) is 0 Å². The summed E-state index contributed by atoms with van der Waals surface area (Å²) in [5.74, 6) is 4.16. The monoisotopic (exact) mass is 388 g/mol. The van der Waals surface area contributed by atoms with Crippen molar-refractivity contribution in [1.29, 1.82) is 0 Å². The first-order valence-corrected chi connectivity index (χ1v) is 11.7. The molecule has 3 heteroatoms. The normalized spacial score (nSPS) is 48.3. The Hall–Kier alpha value is -0.830. The number of hydrogen-bond acceptors (Lipinski definition) is 3. The van der Waals surface area contributed by atoms with Gasteiger partial charge in [0.1, 0.15) is 0 Å². The molecule has 0 heterocycles. The molecule has 0 aromatic rings. The van der Waals surface area contributed by atoms with Crippen LogP contribution in [0.4, 0.5) is 0 Å². The maximum absolute atomic E-state index is 11.6. The lowest BCUT2D eigenvalue weighted by Crippen LogP contribution is -2.52. The summed E-state index contributed by atoms with van der Waals surface area (Å²) < 4.78 is 4.86. The zero-order chi connectivity index (χ0) is 20.1. The number of esters is 1. The van der Waals surface area contributed by atoms with Crippen molar-refractivity contribution in [1.82, 2.24) is 0 Å². The molecular formula is C25H40O3. The number of carbonyl (C=O) groups excluding carboxylic acids is 1. The minimum absolute atomic E-state index is 0.0704. The van der Waals surface area contributed by atoms with Crippen molar-refractivity contribution in [3.8, 4) is 0 Å². The van der Waals surface area contributed by atoms with Crippen LogP contribution in [0, 0.1) is 46.3 Å². The van der Waals surface area contributed by atoms with Crippen LogP contribution in [0.25, 0.3) is 0 Å². The van der Waals surface area contributed by atoms with E-state index in [4.69, 9.17) is 4.74 Å². The smallest absolute Gasteiger partial charge is 0.305 e. The molecule has 0 spiro atoms. The van der Waals surface area contributed by atoms with Gasteiger partial charge in [0.05, 0.1) is 13.2 Å². The lowest BCUT2D eigenvalue weighted by molar-refractivity contribution is -0.141. The van der Waals surface area contributed by atoms with Gasteiger partial charge in [-0.1, -0.05) is 32.9 Å². The Morgan fingerprint density at radius 1 is 1.21 bits per heavy atom. The Bertz CT molecular complexity index is 627. The summed E-state index contributed by atoms with van der Waals surface area (Å²) in [4.78, 5) is 11.6. The third kappa shape index (κ3) is 3.16. The fraction of sp³-hybridized carbons (Fsp3) is 0.880. The number of hydrogen-bond donors (Lipinski definition) is 1. The number of methoxy groups -OCH3 is 1. The van der Waals surface area contributed by atoms with Crippen molar-refractivity contribution >= 4 is 5.97 Å². The van der Waals surface area contributed by atoms with E-state index in [0.29, 0.717) is 35.5 Å². The van der Waals surface area contributed by atoms with Gasteiger partial charge >= 0.3 is 5.97 Å². The first-order chi connectivity index (χ1) is 13.3. The molecule has 158 valence electrons. The van der Waals surface area contributed by atoms with Crippen molar-refractivity contribution in [2.75, 3.05) is 7.11 Å². The lowest BCUT2D eigenvalue weighted by Gasteiger charge is -2.58. The average molecular weight is 389 g/mol. The minimum atomic E-state index is -0.0727. The predicted octanol–water partition coefficient (Wildman–Crippen LogP) is 5.37. The van der Waals surface area contributed by atoms with Crippen LogP contribution < -0.4 is 0 Å². The van der Waals surface area contributed by atoms with E-state index in [1.165, 1.54) is 39.2 Å². The van der Waals surface area contributed by atoms with E-state index in [2.05, 4.69) is 32.9 Å². The van der Waals surface area contributed by atoms with Gasteiger partial charge in [-0.05, 0) is 97.7 Å². The molecule has 0 bridgehead atoms. The van der Waals surface area contributed by atoms with Crippen LogP contribution in [-0.4, -0.2) is 24.3 Å². The topological polar surface area (TPSA) is 46.5 Å². The molecule has 4 aliphatic rings. The van der Waals surface area contributed by atoms with Crippen LogP contribution in [0.15, 0.2) is 12.2 Å². The van der Waals surface area contributed by atoms with Gasteiger partial charge in [-0.3, -0.25) is 4.79 Å². The van der Waals surface area contributed by atoms with Crippen molar-refractivity contribution in [2.24, 2.45) is 46.3 Å². The van der Waals surface area contributed by atoms with E-state index < -0.39 is 0 Å². The second-order valence-corrected chi connectivity index (χ2v) is 11.0. The molecule has 1 N–H and O–H groups in total. The van der Waals surface area contributed by atoms with Crippen LogP contribution in [-0.2, 0) is 9.53 Å². The Morgan fingerprint density at radius 3 is 2.75 bits per heavy atom. The Labute approximate surface area is 171 Å². The predicted molar refractivity (Wildman–Crippen MR) is 112 cm³/mol. The van der Waals surface area contributed by atoms with E-state index in [0.717, 1.165) is 31.1 Å². The van der Waals surface area contributed by atoms with E-state index in [1.54, 1.807) is 0 Å². The van der Waals surface area contributed by atoms with Crippen LogP contribution >= 0.6 is 0 Å². The van der Waals surface area contributed by atoms with Gasteiger partial charge in [-0.15, -0.1) is 0 Å². The molecule has 28 heavy (non-hydrogen) atoms. The highest BCUT2D eigenvalue weighted by Crippen LogP contribution is 2.66. The number of ether oxygens (including phenoxy) is 1. The van der Waals surface area contributed by atoms with Crippen LogP contribution in [0.5, 0.6) is 0 Å². The molecule has 0 aromatic carbocycles. The van der Waals surface area contributed by atoms with E-state index in [9.17, 15) is 9.90 Å². The summed E-state index contributed by atoms with van der Waals surface area (Å²) in [6.45, 7) is 7.39. The molecule has 3 saturated carbocycles. The number of allylic oxidation sites excluding steroid dienone is 2. The number of fused-ring (bicyclic) bond motifs is 5. The third-order valence-corrected chi connectivity index (χ3v) is 9.86. The molecule has 0 saturated heterocycles. The summed E-state index contributed by atoms with van der Waals surface area (Å²) in [6.07, 6.45) is 15.1. The maximum Gasteiger partial charge on any atom is 0.305 e. The van der Waals surface area contributed by atoms with Crippen LogP contribution in [0.3, 0.4) is 0 Å². The fourth-order valence-electron chi connectivity index (χ4n) is 8.20. The summed E-state index contributed by atoms with van der Waals surface area (Å²) in [5, 5.41) is 10.2. The Morgan fingerprint density at radius 2 is 2.00 bits per heavy atom. The van der Waals surface area contributed by atoms with Gasteiger partial charge in [0.2, 0.25) is 0 Å². The standard InChI is InChI=1S/C25H40O3/c1-16(5-10-23(27)28-4)20-8-9-21-19-7-6-17-15-18(26)11-13-24(17,2)22(19)12-14-25(20,21)3/h12,14,16-22,26H,5-11,13,15H2,1-4H3/t16-,17+,18+,19-,20-,21+,22-,24-,25-/m0/s1. The van der Waals surface area contributed by atoms with Crippen LogP contribution in [0.1, 0.15) is 78.6 Å². The highest BCUT2D eigenvalue weighted by Gasteiger charge is 2.58. The molecule has 0 radical (unpaired) electrons. The quantitative estimate of drug-likeness (QED) is 0.520. The number of aliphatic hydroxyl groups excluding tert-OH is 1. The molecule has 0 amide bonds. The number of carbonyl (C=O) groups is 1. The summed E-state index contributed by atoms with van der Waals surface area (Å²) in [5.41, 5.74) is 0.669. The Kier molecular flexibility index (Phi) is 5.44. The van der Waals surface area contributed by atoms with E-state index in [-0.39, 0.29) is 17.5 Å². The SMILES string of the molecule is COC(=O)CC[C@H](C)[C@@H]1CC[C@@H]2[C@@H]3CC[C@@H]4C[C@H](O)CC[C@]4(C)[C@H]3C=C[C@]21C. The number of aliphatic hydroxyl groups is 1. The Balaban J connectivity index is 1.53. The molecule has 0 aliphatic heterocycles. The number of rotatable bonds is 4. The summed E-state index contributed by atoms with van der Waals surface area (Å²) in [7, 11) is 1.49. The maximum atomic E-state index is 11.6. The van der Waals surface area contributed by atoms with Crippen molar-refractivity contribution in [3.63, 3.8) is 0 Å². The van der Waals surface area contributed by atoms with E-state index >= 15 is 0 Å². The molecule has 3 nitrogen and oxygen atoms in total. The first kappa shape index (κ1) is 20.4. The van der Waals surface area contributed by atoms with Gasteiger partial charge in [-0.25, -0.2) is 0 Å². The van der Waals surface area contributed by atoms with E-state index in [1.807, 2.05) is 0 Å². The average Bonchev–Trinajstić information content (AvgIpc) is 3.03. The van der Waals surface area contributed by atoms with Gasteiger partial charge in [0.25, 0.3) is 0 Å². The van der Waals surface area contributed by atoms with Gasteiger partial charge in [0, 0.05) is 6.42 Å². The summed E-state index contributed by atoms with van der Waals surface area (Å²) >= 11 is 0. The molecule has 4 aliphatic carbocycles. The molecule has 0 aromatic heterocycles. The van der Waals surface area contributed by atoms with Gasteiger partial charge in [0.15, 0.2) is 0 Å². The fourth-order valence-corrected chi connectivity index (χ4v) is 8.20. The molecule has 4 rings (SSSR count). The van der Waals surface area contributed by atoms with Crippen molar-refractivity contribution in [3.05, 3.63) is 12.2 Å². The molecule has 3 fully saturated rings. The minimum Gasteiger partial charge on any atom is -0.469 e. The highest BCUT2D eigenvalue weighted by atomic mass is 16.5. The molecule has 0 unspecified atom stereocenters. The zero-order valence-electron chi connectivity index (χ0n) is 18.3. The highest BCUT2D eigenvalue weighted by molar-refractivity contribution is 5.69. The molecular weight excluding hydrogens is 348 g/mol. The zero-order valence-corrected chi connectivity index (χ0v) is 18.3. The van der Waals surface area contributed by atoms with Gasteiger partial charge < -0.3 is 9.84 Å². The third-order valence-electron chi connectivity index (χ3n) is 9.86. The van der Waals surface area contributed by atoms with Crippen molar-refractivity contribution < 1.29 is 14.6 Å².